The van der Waals surface area contributed by atoms with Crippen LogP contribution in [0.1, 0.15) is 27.9 Å². The first-order valence-electron chi connectivity index (χ1n) is 9.29. The van der Waals surface area contributed by atoms with Gasteiger partial charge in [-0.15, -0.1) is 0 Å². The molecule has 6 nitrogen and oxygen atoms in total. The standard InChI is InChI=1S/C23H19N3O3/c27-19-9-11-26(15-19)22-14-25-21(12-20(22)23(28)29)18-7-5-16(6-8-18)3-4-17-2-1-10-24-13-17/h1-2,5-8,10,12-14,19,27H,9,11,15H2,(H,28,29). The zero-order chi connectivity index (χ0) is 20.2. The van der Waals surface area contributed by atoms with Crippen molar-refractivity contribution in [3.05, 3.63) is 77.7 Å². The van der Waals surface area contributed by atoms with Crippen molar-refractivity contribution < 1.29 is 15.0 Å². The van der Waals surface area contributed by atoms with E-state index >= 15 is 0 Å². The number of carboxylic acid groups (broad SMARTS) is 1. The molecule has 1 fully saturated rings. The van der Waals surface area contributed by atoms with Crippen molar-refractivity contribution in [1.82, 2.24) is 9.97 Å². The second-order valence-corrected chi connectivity index (χ2v) is 6.85. The number of aromatic nitrogens is 2. The third-order valence-electron chi connectivity index (χ3n) is 4.81. The first-order valence-corrected chi connectivity index (χ1v) is 9.29. The summed E-state index contributed by atoms with van der Waals surface area (Å²) in [5, 5.41) is 19.4. The van der Waals surface area contributed by atoms with Crippen LogP contribution in [0.4, 0.5) is 5.69 Å². The monoisotopic (exact) mass is 385 g/mol. The topological polar surface area (TPSA) is 86.5 Å². The van der Waals surface area contributed by atoms with Gasteiger partial charge in [-0.1, -0.05) is 24.0 Å². The van der Waals surface area contributed by atoms with Gasteiger partial charge in [0.05, 0.1) is 29.2 Å². The minimum absolute atomic E-state index is 0.185. The van der Waals surface area contributed by atoms with Gasteiger partial charge in [0.25, 0.3) is 0 Å². The number of aliphatic hydroxyl groups is 1. The van der Waals surface area contributed by atoms with Gasteiger partial charge in [-0.2, -0.15) is 0 Å². The molecular weight excluding hydrogens is 366 g/mol. The van der Waals surface area contributed by atoms with Crippen LogP contribution in [0.25, 0.3) is 11.3 Å². The molecule has 1 unspecified atom stereocenters. The Hall–Kier alpha value is -3.69. The van der Waals surface area contributed by atoms with E-state index in [0.717, 1.165) is 16.7 Å². The number of aliphatic hydroxyl groups excluding tert-OH is 1. The molecule has 0 spiro atoms. The Morgan fingerprint density at radius 1 is 1.10 bits per heavy atom. The van der Waals surface area contributed by atoms with Crippen molar-refractivity contribution >= 4 is 11.7 Å². The molecule has 1 aromatic carbocycles. The van der Waals surface area contributed by atoms with E-state index in [2.05, 4.69) is 21.8 Å². The Labute approximate surface area is 168 Å². The first-order chi connectivity index (χ1) is 14.1. The quantitative estimate of drug-likeness (QED) is 0.675. The lowest BCUT2D eigenvalue weighted by molar-refractivity contribution is 0.0697. The predicted molar refractivity (Wildman–Crippen MR) is 110 cm³/mol. The molecule has 1 saturated heterocycles. The predicted octanol–water partition coefficient (Wildman–Crippen LogP) is 2.81. The van der Waals surface area contributed by atoms with Gasteiger partial charge in [-0.3, -0.25) is 9.97 Å². The largest absolute Gasteiger partial charge is 0.478 e. The third-order valence-corrected chi connectivity index (χ3v) is 4.81. The number of β-amino-alcohol motifs (C(OH)–C–C–N with tert-alkyl or cyclic N) is 1. The maximum Gasteiger partial charge on any atom is 0.337 e. The molecule has 2 aromatic heterocycles. The number of pyridine rings is 2. The minimum Gasteiger partial charge on any atom is -0.478 e. The van der Waals surface area contributed by atoms with Gasteiger partial charge in [0.15, 0.2) is 0 Å². The highest BCUT2D eigenvalue weighted by Crippen LogP contribution is 2.28. The number of aromatic carboxylic acids is 1. The lowest BCUT2D eigenvalue weighted by Gasteiger charge is -2.20. The summed E-state index contributed by atoms with van der Waals surface area (Å²) in [5.74, 6) is 5.13. The second-order valence-electron chi connectivity index (χ2n) is 6.85. The Balaban J connectivity index is 1.59. The van der Waals surface area contributed by atoms with Gasteiger partial charge >= 0.3 is 5.97 Å². The normalized spacial score (nSPS) is 15.6. The molecule has 4 rings (SSSR count). The van der Waals surface area contributed by atoms with Crippen LogP contribution in [0.5, 0.6) is 0 Å². The van der Waals surface area contributed by atoms with Crippen molar-refractivity contribution in [3.8, 4) is 23.1 Å². The maximum atomic E-state index is 11.8. The summed E-state index contributed by atoms with van der Waals surface area (Å²) >= 11 is 0. The van der Waals surface area contributed by atoms with E-state index in [9.17, 15) is 15.0 Å². The highest BCUT2D eigenvalue weighted by Gasteiger charge is 2.25. The summed E-state index contributed by atoms with van der Waals surface area (Å²) in [7, 11) is 0. The van der Waals surface area contributed by atoms with Gasteiger partial charge in [-0.05, 0) is 36.8 Å². The highest BCUT2D eigenvalue weighted by atomic mass is 16.4. The molecule has 3 aromatic rings. The van der Waals surface area contributed by atoms with E-state index < -0.39 is 12.1 Å². The number of hydrogen-bond acceptors (Lipinski definition) is 5. The summed E-state index contributed by atoms with van der Waals surface area (Å²) in [5.41, 5.74) is 3.80. The van der Waals surface area contributed by atoms with Crippen LogP contribution in [0.15, 0.2) is 61.1 Å². The number of benzene rings is 1. The summed E-state index contributed by atoms with van der Waals surface area (Å²) < 4.78 is 0. The lowest BCUT2D eigenvalue weighted by Crippen LogP contribution is -2.23. The number of anilines is 1. The molecule has 0 radical (unpaired) electrons. The van der Waals surface area contributed by atoms with E-state index in [1.54, 1.807) is 24.7 Å². The van der Waals surface area contributed by atoms with Crippen LogP contribution in [-0.2, 0) is 0 Å². The fourth-order valence-corrected chi connectivity index (χ4v) is 3.30. The molecule has 144 valence electrons. The SMILES string of the molecule is O=C(O)c1cc(-c2ccc(C#Cc3cccnc3)cc2)ncc1N1CCC(O)C1. The van der Waals surface area contributed by atoms with Crippen molar-refractivity contribution in [2.45, 2.75) is 12.5 Å². The van der Waals surface area contributed by atoms with E-state index in [1.807, 2.05) is 41.3 Å². The number of carboxylic acids is 1. The minimum atomic E-state index is -1.01. The number of nitrogens with zero attached hydrogens (tertiary/aromatic N) is 3. The molecule has 0 amide bonds. The van der Waals surface area contributed by atoms with E-state index in [4.69, 9.17) is 0 Å². The summed E-state index contributed by atoms with van der Waals surface area (Å²) in [6, 6.07) is 12.8. The van der Waals surface area contributed by atoms with Crippen LogP contribution < -0.4 is 4.90 Å². The molecule has 6 heteroatoms. The molecule has 1 atom stereocenters. The fraction of sp³-hybridized carbons (Fsp3) is 0.174. The molecule has 2 N–H and O–H groups in total. The zero-order valence-electron chi connectivity index (χ0n) is 15.6. The number of rotatable bonds is 3. The Morgan fingerprint density at radius 3 is 2.55 bits per heavy atom. The van der Waals surface area contributed by atoms with E-state index in [0.29, 0.717) is 30.9 Å². The third kappa shape index (κ3) is 4.26. The zero-order valence-corrected chi connectivity index (χ0v) is 15.6. The van der Waals surface area contributed by atoms with Crippen LogP contribution in [0, 0.1) is 11.8 Å². The molecule has 1 aliphatic heterocycles. The van der Waals surface area contributed by atoms with Gasteiger partial charge in [0.1, 0.15) is 0 Å². The lowest BCUT2D eigenvalue weighted by atomic mass is 10.1. The summed E-state index contributed by atoms with van der Waals surface area (Å²) in [6.45, 7) is 1.04. The van der Waals surface area contributed by atoms with Gasteiger partial charge in [0, 0.05) is 42.2 Å². The highest BCUT2D eigenvalue weighted by molar-refractivity contribution is 5.95. The smallest absolute Gasteiger partial charge is 0.337 e. The summed E-state index contributed by atoms with van der Waals surface area (Å²) in [6.07, 6.45) is 5.18. The van der Waals surface area contributed by atoms with Crippen molar-refractivity contribution in [2.24, 2.45) is 0 Å². The molecular formula is C23H19N3O3. The molecule has 3 heterocycles. The van der Waals surface area contributed by atoms with Crippen molar-refractivity contribution in [1.29, 1.82) is 0 Å². The molecule has 0 saturated carbocycles. The van der Waals surface area contributed by atoms with Crippen molar-refractivity contribution in [3.63, 3.8) is 0 Å². The molecule has 29 heavy (non-hydrogen) atoms. The van der Waals surface area contributed by atoms with Crippen molar-refractivity contribution in [2.75, 3.05) is 18.0 Å². The fourth-order valence-electron chi connectivity index (χ4n) is 3.30. The van der Waals surface area contributed by atoms with Gasteiger partial charge < -0.3 is 15.1 Å². The average Bonchev–Trinajstić information content (AvgIpc) is 3.19. The van der Waals surface area contributed by atoms with Gasteiger partial charge in [0.2, 0.25) is 0 Å². The molecule has 1 aliphatic rings. The van der Waals surface area contributed by atoms with Crippen LogP contribution >= 0.6 is 0 Å². The van der Waals surface area contributed by atoms with E-state index in [1.165, 1.54) is 0 Å². The molecule has 0 bridgehead atoms. The Bertz CT molecular complexity index is 1090. The van der Waals surface area contributed by atoms with Crippen LogP contribution in [0.3, 0.4) is 0 Å². The maximum absolute atomic E-state index is 11.8. The first kappa shape index (κ1) is 18.7. The van der Waals surface area contributed by atoms with Gasteiger partial charge in [-0.25, -0.2) is 4.79 Å². The summed E-state index contributed by atoms with van der Waals surface area (Å²) in [4.78, 5) is 22.1. The van der Waals surface area contributed by atoms with Crippen LogP contribution in [-0.4, -0.2) is 45.3 Å². The Kier molecular flexibility index (Phi) is 5.23. The number of hydrogen-bond donors (Lipinski definition) is 2. The van der Waals surface area contributed by atoms with E-state index in [-0.39, 0.29) is 5.56 Å². The van der Waals surface area contributed by atoms with Crippen LogP contribution in [0.2, 0.25) is 0 Å². The number of carbonyl (C=O) groups is 1. The molecule has 0 aliphatic carbocycles. The Morgan fingerprint density at radius 2 is 1.90 bits per heavy atom. The average molecular weight is 385 g/mol. The second kappa shape index (κ2) is 8.13.